The molecule has 0 saturated carbocycles. The van der Waals surface area contributed by atoms with Gasteiger partial charge in [-0.2, -0.15) is 5.26 Å². The molecule has 0 unspecified atom stereocenters. The van der Waals surface area contributed by atoms with Gasteiger partial charge in [-0.1, -0.05) is 35.3 Å². The molecule has 2 heterocycles. The number of carboxylic acid groups (broad SMARTS) is 1. The van der Waals surface area contributed by atoms with E-state index in [0.717, 1.165) is 5.56 Å². The Morgan fingerprint density at radius 2 is 1.94 bits per heavy atom. The van der Waals surface area contributed by atoms with Crippen LogP contribution in [0.4, 0.5) is 0 Å². The number of aromatic nitrogens is 2. The fraction of sp³-hybridized carbons (Fsp3) is 0.238. The second-order valence-electron chi connectivity index (χ2n) is 7.07. The molecule has 3 aromatic rings. The molecule has 3 rings (SSSR count). The van der Waals surface area contributed by atoms with Crippen molar-refractivity contribution in [2.45, 2.75) is 26.5 Å². The first-order valence-electron chi connectivity index (χ1n) is 9.39. The van der Waals surface area contributed by atoms with Gasteiger partial charge in [0.2, 0.25) is 0 Å². The molecule has 0 aliphatic heterocycles. The SMILES string of the molecule is CC(C)Oc1ccc(Cn2c(Cl)c(Cl)c3c(O)c(C(=O)NCC(=O)O)nc(C#N)c32)cc1. The van der Waals surface area contributed by atoms with E-state index >= 15 is 0 Å². The molecule has 2 aromatic heterocycles. The molecular weight excluding hydrogens is 459 g/mol. The molecule has 0 aliphatic rings. The third-order valence-electron chi connectivity index (χ3n) is 4.41. The number of benzene rings is 1. The van der Waals surface area contributed by atoms with Crippen molar-refractivity contribution in [2.24, 2.45) is 0 Å². The minimum absolute atomic E-state index is 0.0246. The largest absolute Gasteiger partial charge is 0.505 e. The minimum atomic E-state index is -1.28. The van der Waals surface area contributed by atoms with Crippen LogP contribution in [0.1, 0.15) is 35.6 Å². The van der Waals surface area contributed by atoms with Gasteiger partial charge >= 0.3 is 5.97 Å². The molecule has 9 nitrogen and oxygen atoms in total. The molecule has 3 N–H and O–H groups in total. The average molecular weight is 477 g/mol. The van der Waals surface area contributed by atoms with Gasteiger partial charge in [0, 0.05) is 6.54 Å². The minimum Gasteiger partial charge on any atom is -0.505 e. The summed E-state index contributed by atoms with van der Waals surface area (Å²) in [5, 5.41) is 31.1. The van der Waals surface area contributed by atoms with Gasteiger partial charge in [-0.15, -0.1) is 0 Å². The van der Waals surface area contributed by atoms with Crippen LogP contribution >= 0.6 is 23.2 Å². The maximum absolute atomic E-state index is 12.3. The first kappa shape index (κ1) is 23.2. The molecule has 0 spiro atoms. The van der Waals surface area contributed by atoms with Crippen molar-refractivity contribution in [3.8, 4) is 17.6 Å². The van der Waals surface area contributed by atoms with E-state index in [9.17, 15) is 20.0 Å². The standard InChI is InChI=1S/C21H18Cl2N4O5/c1-10(2)32-12-5-3-11(4-6-12)9-27-18-13(7-24)26-17(21(31)25-8-14(28)29)19(30)15(18)16(22)20(27)23/h3-6,10,30H,8-9H2,1-2H3,(H,25,31)(H,28,29). The summed E-state index contributed by atoms with van der Waals surface area (Å²) in [6.07, 6.45) is 0.0247. The van der Waals surface area contributed by atoms with Gasteiger partial charge in [0.15, 0.2) is 17.1 Å². The number of nitrogens with one attached hydrogen (secondary N) is 1. The summed E-state index contributed by atoms with van der Waals surface area (Å²) >= 11 is 12.7. The van der Waals surface area contributed by atoms with Crippen LogP contribution in [0, 0.1) is 11.3 Å². The smallest absolute Gasteiger partial charge is 0.322 e. The number of nitrogens with zero attached hydrogens (tertiary/aromatic N) is 3. The van der Waals surface area contributed by atoms with E-state index in [1.54, 1.807) is 12.1 Å². The first-order chi connectivity index (χ1) is 15.1. The molecule has 166 valence electrons. The number of halogens is 2. The Labute approximate surface area is 192 Å². The van der Waals surface area contributed by atoms with E-state index in [0.29, 0.717) is 5.75 Å². The summed E-state index contributed by atoms with van der Waals surface area (Å²) < 4.78 is 7.13. The molecule has 0 bridgehead atoms. The van der Waals surface area contributed by atoms with E-state index in [-0.39, 0.29) is 39.4 Å². The lowest BCUT2D eigenvalue weighted by Gasteiger charge is -2.12. The third-order valence-corrected chi connectivity index (χ3v) is 5.27. The highest BCUT2D eigenvalue weighted by Crippen LogP contribution is 2.42. The molecule has 0 aliphatic carbocycles. The molecule has 11 heteroatoms. The summed E-state index contributed by atoms with van der Waals surface area (Å²) in [4.78, 5) is 26.9. The number of carboxylic acids is 1. The van der Waals surface area contributed by atoms with Crippen molar-refractivity contribution in [1.29, 1.82) is 5.26 Å². The van der Waals surface area contributed by atoms with Crippen LogP contribution in [0.25, 0.3) is 10.9 Å². The third kappa shape index (κ3) is 4.56. The van der Waals surface area contributed by atoms with Gasteiger partial charge in [0.25, 0.3) is 5.91 Å². The average Bonchev–Trinajstić information content (AvgIpc) is 2.99. The van der Waals surface area contributed by atoms with Crippen LogP contribution in [0.15, 0.2) is 24.3 Å². The van der Waals surface area contributed by atoms with Gasteiger partial charge in [0.1, 0.15) is 23.5 Å². The predicted molar refractivity (Wildman–Crippen MR) is 117 cm³/mol. The van der Waals surface area contributed by atoms with E-state index in [1.165, 1.54) is 4.57 Å². The van der Waals surface area contributed by atoms with Crippen molar-refractivity contribution in [1.82, 2.24) is 14.9 Å². The number of hydrogen-bond donors (Lipinski definition) is 3. The van der Waals surface area contributed by atoms with Crippen LogP contribution in [-0.2, 0) is 11.3 Å². The Balaban J connectivity index is 2.08. The van der Waals surface area contributed by atoms with Crippen molar-refractivity contribution < 1.29 is 24.5 Å². The summed E-state index contributed by atoms with van der Waals surface area (Å²) in [7, 11) is 0. The second kappa shape index (κ2) is 9.34. The first-order valence-corrected chi connectivity index (χ1v) is 10.2. The lowest BCUT2D eigenvalue weighted by atomic mass is 10.1. The lowest BCUT2D eigenvalue weighted by Crippen LogP contribution is -2.30. The maximum Gasteiger partial charge on any atom is 0.322 e. The van der Waals surface area contributed by atoms with Crippen LogP contribution in [0.2, 0.25) is 10.2 Å². The quantitative estimate of drug-likeness (QED) is 0.473. The predicted octanol–water partition coefficient (Wildman–Crippen LogP) is 3.57. The highest BCUT2D eigenvalue weighted by atomic mass is 35.5. The molecule has 0 saturated heterocycles. The molecule has 0 fully saturated rings. The number of nitriles is 1. The fourth-order valence-corrected chi connectivity index (χ4v) is 3.63. The van der Waals surface area contributed by atoms with Gasteiger partial charge in [-0.05, 0) is 31.5 Å². The summed E-state index contributed by atoms with van der Waals surface area (Å²) in [5.41, 5.74) is 0.230. The molecule has 1 amide bonds. The number of aliphatic carboxylic acids is 1. The molecule has 0 radical (unpaired) electrons. The van der Waals surface area contributed by atoms with Crippen LogP contribution in [0.5, 0.6) is 11.5 Å². The Kier molecular flexibility index (Phi) is 6.77. The Bertz CT molecular complexity index is 1250. The Hall–Kier alpha value is -3.48. The van der Waals surface area contributed by atoms with E-state index in [1.807, 2.05) is 32.0 Å². The van der Waals surface area contributed by atoms with Crippen molar-refractivity contribution in [3.05, 3.63) is 51.4 Å². The van der Waals surface area contributed by atoms with Crippen LogP contribution in [0.3, 0.4) is 0 Å². The number of ether oxygens (including phenoxy) is 1. The zero-order valence-electron chi connectivity index (χ0n) is 17.0. The highest BCUT2D eigenvalue weighted by molar-refractivity contribution is 6.46. The normalized spacial score (nSPS) is 10.9. The topological polar surface area (TPSA) is 137 Å². The second-order valence-corrected chi connectivity index (χ2v) is 7.81. The monoisotopic (exact) mass is 476 g/mol. The van der Waals surface area contributed by atoms with Gasteiger partial charge < -0.3 is 24.8 Å². The van der Waals surface area contributed by atoms with Crippen molar-refractivity contribution >= 4 is 46.0 Å². The summed E-state index contributed by atoms with van der Waals surface area (Å²) in [5.74, 6) is -2.16. The van der Waals surface area contributed by atoms with E-state index < -0.39 is 29.9 Å². The molecule has 1 aromatic carbocycles. The Morgan fingerprint density at radius 3 is 2.50 bits per heavy atom. The number of pyridine rings is 1. The Morgan fingerprint density at radius 1 is 1.28 bits per heavy atom. The van der Waals surface area contributed by atoms with E-state index in [2.05, 4.69) is 10.3 Å². The molecule has 0 atom stereocenters. The van der Waals surface area contributed by atoms with Crippen molar-refractivity contribution in [3.63, 3.8) is 0 Å². The van der Waals surface area contributed by atoms with Crippen LogP contribution < -0.4 is 10.1 Å². The summed E-state index contributed by atoms with van der Waals surface area (Å²) in [6.45, 7) is 3.34. The zero-order valence-corrected chi connectivity index (χ0v) is 18.5. The van der Waals surface area contributed by atoms with Gasteiger partial charge in [-0.25, -0.2) is 4.98 Å². The number of hydrogen-bond acceptors (Lipinski definition) is 6. The molecule has 32 heavy (non-hydrogen) atoms. The number of aromatic hydroxyl groups is 1. The van der Waals surface area contributed by atoms with Crippen molar-refractivity contribution in [2.75, 3.05) is 6.54 Å². The fourth-order valence-electron chi connectivity index (χ4n) is 3.11. The highest BCUT2D eigenvalue weighted by Gasteiger charge is 2.27. The van der Waals surface area contributed by atoms with E-state index in [4.69, 9.17) is 33.0 Å². The molecular formula is C21H18Cl2N4O5. The maximum atomic E-state index is 12.3. The van der Waals surface area contributed by atoms with Gasteiger partial charge in [0.05, 0.1) is 22.0 Å². The zero-order chi connectivity index (χ0) is 23.6. The summed E-state index contributed by atoms with van der Waals surface area (Å²) in [6, 6.07) is 9.11. The number of amides is 1. The number of rotatable bonds is 7. The lowest BCUT2D eigenvalue weighted by molar-refractivity contribution is -0.135. The number of carbonyl (C=O) groups is 2. The van der Waals surface area contributed by atoms with Gasteiger partial charge in [-0.3, -0.25) is 9.59 Å². The number of fused-ring (bicyclic) bond motifs is 1. The van der Waals surface area contributed by atoms with Crippen LogP contribution in [-0.4, -0.2) is 44.3 Å². The number of carbonyl (C=O) groups excluding carboxylic acids is 1.